The maximum Gasteiger partial charge on any atom is 0.408 e. The number of likely N-dealkylation sites (tertiary alicyclic amines) is 1. The summed E-state index contributed by atoms with van der Waals surface area (Å²) in [7, 11) is 2.15. The quantitative estimate of drug-likeness (QED) is 0.824. The molecule has 1 N–H and O–H groups in total. The molecule has 26 heavy (non-hydrogen) atoms. The molecule has 0 saturated carbocycles. The summed E-state index contributed by atoms with van der Waals surface area (Å²) in [5.41, 5.74) is -0.618. The second-order valence-electron chi connectivity index (χ2n) is 8.42. The summed E-state index contributed by atoms with van der Waals surface area (Å²) in [4.78, 5) is 19.7. The van der Waals surface area contributed by atoms with Gasteiger partial charge >= 0.3 is 6.09 Å². The number of hydrogen-bond donors (Lipinski definition) is 1. The minimum Gasteiger partial charge on any atom is -0.444 e. The van der Waals surface area contributed by atoms with E-state index in [0.717, 1.165) is 65.2 Å². The minimum atomic E-state index is -0.455. The Balaban J connectivity index is 0.00000163. The van der Waals surface area contributed by atoms with Gasteiger partial charge < -0.3 is 19.9 Å². The van der Waals surface area contributed by atoms with Crippen LogP contribution in [0.2, 0.25) is 0 Å². The zero-order chi connectivity index (χ0) is 19.8. The van der Waals surface area contributed by atoms with E-state index >= 15 is 0 Å². The topological polar surface area (TPSA) is 48.1 Å². The molecule has 2 saturated heterocycles. The van der Waals surface area contributed by atoms with Crippen molar-refractivity contribution in [3.8, 4) is 0 Å². The highest BCUT2D eigenvalue weighted by Gasteiger charge is 2.38. The number of carbonyl (C=O) groups is 1. The highest BCUT2D eigenvalue weighted by Crippen LogP contribution is 2.24. The third-order valence-corrected chi connectivity index (χ3v) is 5.15. The lowest BCUT2D eigenvalue weighted by molar-refractivity contribution is 0.0290. The Kier molecular flexibility index (Phi) is 9.34. The van der Waals surface area contributed by atoms with Crippen LogP contribution in [0.1, 0.15) is 54.4 Å². The molecule has 0 atom stereocenters. The predicted molar refractivity (Wildman–Crippen MR) is 109 cm³/mol. The molecule has 2 heterocycles. The molecule has 0 spiro atoms. The third-order valence-electron chi connectivity index (χ3n) is 5.15. The van der Waals surface area contributed by atoms with Crippen molar-refractivity contribution in [2.75, 3.05) is 59.4 Å². The molecule has 6 heteroatoms. The highest BCUT2D eigenvalue weighted by atomic mass is 16.6. The molecule has 0 aromatic rings. The zero-order valence-electron chi connectivity index (χ0n) is 18.2. The molecule has 0 aliphatic carbocycles. The first-order valence-electron chi connectivity index (χ1n) is 10.4. The van der Waals surface area contributed by atoms with E-state index in [9.17, 15) is 4.79 Å². The number of nitrogens with zero attached hydrogens (tertiary/aromatic N) is 3. The summed E-state index contributed by atoms with van der Waals surface area (Å²) < 4.78 is 5.53. The van der Waals surface area contributed by atoms with Crippen LogP contribution < -0.4 is 5.32 Å². The standard InChI is InChI=1S/C18H36N4O2.C2H6/c1-6-21-11-13-22(14-12-21)15-18(7-9-20(5)10-8-18)19-16(23)24-17(2,3)4;1-2/h6-15H2,1-5H3,(H,19,23);1-2H3. The number of hydrogen-bond acceptors (Lipinski definition) is 5. The van der Waals surface area contributed by atoms with Gasteiger partial charge in [0.15, 0.2) is 0 Å². The number of amides is 1. The Hall–Kier alpha value is -0.850. The second-order valence-corrected chi connectivity index (χ2v) is 8.42. The molecule has 2 aliphatic heterocycles. The van der Waals surface area contributed by atoms with Crippen molar-refractivity contribution in [3.05, 3.63) is 0 Å². The van der Waals surface area contributed by atoms with Gasteiger partial charge in [-0.3, -0.25) is 4.90 Å². The highest BCUT2D eigenvalue weighted by molar-refractivity contribution is 5.69. The monoisotopic (exact) mass is 370 g/mol. The lowest BCUT2D eigenvalue weighted by Gasteiger charge is -2.45. The third kappa shape index (κ3) is 7.80. The fraction of sp³-hybridized carbons (Fsp3) is 0.950. The summed E-state index contributed by atoms with van der Waals surface area (Å²) >= 11 is 0. The summed E-state index contributed by atoms with van der Waals surface area (Å²) in [5.74, 6) is 0. The molecule has 1 amide bonds. The van der Waals surface area contributed by atoms with Gasteiger partial charge in [-0.2, -0.15) is 0 Å². The first kappa shape index (κ1) is 23.2. The van der Waals surface area contributed by atoms with Crippen LogP contribution in [0.4, 0.5) is 4.79 Å². The van der Waals surface area contributed by atoms with Crippen LogP contribution in [0.5, 0.6) is 0 Å². The van der Waals surface area contributed by atoms with Gasteiger partial charge in [0.25, 0.3) is 0 Å². The van der Waals surface area contributed by atoms with Gasteiger partial charge in [0.1, 0.15) is 5.60 Å². The molecule has 0 aromatic heterocycles. The first-order valence-corrected chi connectivity index (χ1v) is 10.4. The van der Waals surface area contributed by atoms with Crippen molar-refractivity contribution in [1.29, 1.82) is 0 Å². The lowest BCUT2D eigenvalue weighted by Crippen LogP contribution is -2.62. The van der Waals surface area contributed by atoms with E-state index < -0.39 is 5.60 Å². The number of likely N-dealkylation sites (N-methyl/N-ethyl adjacent to an activating group) is 1. The van der Waals surface area contributed by atoms with E-state index in [0.29, 0.717) is 0 Å². The number of alkyl carbamates (subject to hydrolysis) is 1. The molecule has 0 bridgehead atoms. The molecule has 0 unspecified atom stereocenters. The Bertz CT molecular complexity index is 407. The average molecular weight is 371 g/mol. The molecule has 0 aromatic carbocycles. The van der Waals surface area contributed by atoms with Gasteiger partial charge in [-0.1, -0.05) is 20.8 Å². The van der Waals surface area contributed by atoms with Crippen molar-refractivity contribution < 1.29 is 9.53 Å². The van der Waals surface area contributed by atoms with Crippen LogP contribution in [0, 0.1) is 0 Å². The van der Waals surface area contributed by atoms with Crippen molar-refractivity contribution in [2.24, 2.45) is 0 Å². The molecular weight excluding hydrogens is 328 g/mol. The molecule has 0 radical (unpaired) electrons. The molecule has 2 aliphatic rings. The van der Waals surface area contributed by atoms with Crippen LogP contribution in [-0.2, 0) is 4.74 Å². The number of rotatable bonds is 4. The van der Waals surface area contributed by atoms with Gasteiger partial charge in [-0.05, 0) is 47.2 Å². The maximum absolute atomic E-state index is 12.4. The van der Waals surface area contributed by atoms with E-state index in [1.807, 2.05) is 34.6 Å². The van der Waals surface area contributed by atoms with E-state index in [4.69, 9.17) is 4.74 Å². The second kappa shape index (κ2) is 10.5. The minimum absolute atomic E-state index is 0.163. The van der Waals surface area contributed by atoms with Gasteiger partial charge in [-0.15, -0.1) is 0 Å². The van der Waals surface area contributed by atoms with Gasteiger partial charge in [0, 0.05) is 45.8 Å². The van der Waals surface area contributed by atoms with Crippen LogP contribution in [0.25, 0.3) is 0 Å². The van der Waals surface area contributed by atoms with Crippen LogP contribution in [0.3, 0.4) is 0 Å². The molecular formula is C20H42N4O2. The molecule has 2 rings (SSSR count). The van der Waals surface area contributed by atoms with E-state index in [2.05, 4.69) is 34.0 Å². The number of piperidine rings is 1. The molecule has 2 fully saturated rings. The van der Waals surface area contributed by atoms with E-state index in [1.54, 1.807) is 0 Å². The van der Waals surface area contributed by atoms with E-state index in [-0.39, 0.29) is 11.6 Å². The van der Waals surface area contributed by atoms with Gasteiger partial charge in [0.05, 0.1) is 5.54 Å². The Labute approximate surface area is 161 Å². The Morgan fingerprint density at radius 1 is 1.00 bits per heavy atom. The zero-order valence-corrected chi connectivity index (χ0v) is 18.2. The normalized spacial score (nSPS) is 22.3. The van der Waals surface area contributed by atoms with Crippen molar-refractivity contribution in [1.82, 2.24) is 20.0 Å². The summed E-state index contributed by atoms with van der Waals surface area (Å²) in [6, 6.07) is 0. The number of nitrogens with one attached hydrogen (secondary N) is 1. The number of piperazine rings is 1. The SMILES string of the molecule is CC.CCN1CCN(CC2(NC(=O)OC(C)(C)C)CCN(C)CC2)CC1. The van der Waals surface area contributed by atoms with Gasteiger partial charge in [0.2, 0.25) is 0 Å². The van der Waals surface area contributed by atoms with Crippen molar-refractivity contribution >= 4 is 6.09 Å². The average Bonchev–Trinajstić information content (AvgIpc) is 2.58. The van der Waals surface area contributed by atoms with Crippen LogP contribution >= 0.6 is 0 Å². The predicted octanol–water partition coefficient (Wildman–Crippen LogP) is 2.64. The van der Waals surface area contributed by atoms with E-state index in [1.165, 1.54) is 0 Å². The van der Waals surface area contributed by atoms with Crippen LogP contribution in [0.15, 0.2) is 0 Å². The Morgan fingerprint density at radius 2 is 1.50 bits per heavy atom. The van der Waals surface area contributed by atoms with Gasteiger partial charge in [-0.25, -0.2) is 4.79 Å². The fourth-order valence-corrected chi connectivity index (χ4v) is 3.58. The number of carbonyl (C=O) groups excluding carboxylic acids is 1. The largest absolute Gasteiger partial charge is 0.444 e. The summed E-state index contributed by atoms with van der Waals surface area (Å²) in [6.45, 7) is 20.5. The van der Waals surface area contributed by atoms with Crippen LogP contribution in [-0.4, -0.2) is 91.3 Å². The lowest BCUT2D eigenvalue weighted by atomic mass is 9.86. The summed E-state index contributed by atoms with van der Waals surface area (Å²) in [5, 5.41) is 3.24. The van der Waals surface area contributed by atoms with Crippen molar-refractivity contribution in [2.45, 2.75) is 65.5 Å². The smallest absolute Gasteiger partial charge is 0.408 e. The summed E-state index contributed by atoms with van der Waals surface area (Å²) in [6.07, 6.45) is 1.69. The van der Waals surface area contributed by atoms with Crippen molar-refractivity contribution in [3.63, 3.8) is 0 Å². The maximum atomic E-state index is 12.4. The number of ether oxygens (including phenoxy) is 1. The first-order chi connectivity index (χ1) is 12.2. The molecule has 154 valence electrons. The fourth-order valence-electron chi connectivity index (χ4n) is 3.58. The molecule has 6 nitrogen and oxygen atoms in total. The Morgan fingerprint density at radius 3 is 1.96 bits per heavy atom.